The minimum absolute atomic E-state index is 0.125. The molecule has 0 fully saturated rings. The van der Waals surface area contributed by atoms with Gasteiger partial charge in [0.2, 0.25) is 0 Å². The molecule has 7 heteroatoms. The van der Waals surface area contributed by atoms with Crippen LogP contribution in [0.1, 0.15) is 18.1 Å². The molecule has 5 aromatic rings. The van der Waals surface area contributed by atoms with Gasteiger partial charge in [-0.3, -0.25) is 4.57 Å². The first-order valence-electron chi connectivity index (χ1n) is 11.9. The quantitative estimate of drug-likeness (QED) is 0.320. The van der Waals surface area contributed by atoms with Crippen LogP contribution in [0.4, 0.5) is 4.39 Å². The maximum Gasteiger partial charge on any atom is 0.168 e. The number of fused-ring (bicyclic) bond motifs is 1. The number of pyridine rings is 1. The van der Waals surface area contributed by atoms with E-state index in [0.717, 1.165) is 41.0 Å². The highest BCUT2D eigenvalue weighted by atomic mass is 19.1. The summed E-state index contributed by atoms with van der Waals surface area (Å²) in [6.07, 6.45) is 3.17. The topological polar surface area (TPSA) is 80.2 Å². The lowest BCUT2D eigenvalue weighted by molar-refractivity contribution is 0.346. The van der Waals surface area contributed by atoms with Gasteiger partial charge in [-0.2, -0.15) is 0 Å². The van der Waals surface area contributed by atoms with Gasteiger partial charge in [-0.25, -0.2) is 14.4 Å². The fourth-order valence-electron chi connectivity index (χ4n) is 4.43. The van der Waals surface area contributed by atoms with Crippen molar-refractivity contribution in [3.8, 4) is 33.8 Å². The summed E-state index contributed by atoms with van der Waals surface area (Å²) in [4.78, 5) is 10.9. The lowest BCUT2D eigenvalue weighted by Gasteiger charge is -2.17. The van der Waals surface area contributed by atoms with Gasteiger partial charge < -0.3 is 15.7 Å². The number of imidazole rings is 1. The third kappa shape index (κ3) is 4.34. The average molecular weight is 482 g/mol. The summed E-state index contributed by atoms with van der Waals surface area (Å²) >= 11 is 0. The molecular weight excluding hydrogens is 453 g/mol. The van der Waals surface area contributed by atoms with Gasteiger partial charge in [0.15, 0.2) is 5.75 Å². The number of aromatic hydroxyl groups is 1. The van der Waals surface area contributed by atoms with E-state index in [2.05, 4.69) is 34.9 Å². The average Bonchev–Trinajstić information content (AvgIpc) is 3.35. The van der Waals surface area contributed by atoms with Gasteiger partial charge in [-0.15, -0.1) is 0 Å². The van der Waals surface area contributed by atoms with E-state index in [1.165, 1.54) is 6.07 Å². The molecule has 0 amide bonds. The number of aromatic nitrogens is 3. The van der Waals surface area contributed by atoms with Crippen molar-refractivity contribution in [1.29, 1.82) is 0 Å². The van der Waals surface area contributed by atoms with Crippen LogP contribution in [0.3, 0.4) is 0 Å². The van der Waals surface area contributed by atoms with Crippen molar-refractivity contribution in [2.24, 2.45) is 5.73 Å². The monoisotopic (exact) mass is 481 g/mol. The summed E-state index contributed by atoms with van der Waals surface area (Å²) in [7, 11) is 2.06. The number of benzene rings is 3. The van der Waals surface area contributed by atoms with Gasteiger partial charge in [-0.05, 0) is 60.1 Å². The van der Waals surface area contributed by atoms with Crippen LogP contribution in [0.25, 0.3) is 39.1 Å². The Hall–Kier alpha value is -4.07. The van der Waals surface area contributed by atoms with Crippen LogP contribution in [0.5, 0.6) is 5.75 Å². The van der Waals surface area contributed by atoms with Crippen LogP contribution in [-0.4, -0.2) is 38.1 Å². The molecule has 6 nitrogen and oxygen atoms in total. The van der Waals surface area contributed by atoms with E-state index in [0.29, 0.717) is 17.6 Å². The number of rotatable bonds is 7. The van der Waals surface area contributed by atoms with Crippen LogP contribution in [0.15, 0.2) is 79.3 Å². The largest absolute Gasteiger partial charge is 0.504 e. The highest BCUT2D eigenvalue weighted by molar-refractivity contribution is 5.89. The highest BCUT2D eigenvalue weighted by Gasteiger charge is 2.19. The maximum atomic E-state index is 15.5. The molecular formula is C29H28FN5O. The Morgan fingerprint density at radius 2 is 1.83 bits per heavy atom. The molecule has 0 atom stereocenters. The number of hydrogen-bond donors (Lipinski definition) is 2. The zero-order valence-corrected chi connectivity index (χ0v) is 20.3. The summed E-state index contributed by atoms with van der Waals surface area (Å²) in [5.41, 5.74) is 11.8. The lowest BCUT2D eigenvalue weighted by Crippen LogP contribution is -2.17. The summed E-state index contributed by atoms with van der Waals surface area (Å²) in [6, 6.07) is 20.8. The van der Waals surface area contributed by atoms with E-state index in [9.17, 15) is 5.11 Å². The lowest BCUT2D eigenvalue weighted by atomic mass is 9.97. The van der Waals surface area contributed by atoms with Crippen molar-refractivity contribution in [3.63, 3.8) is 0 Å². The zero-order valence-electron chi connectivity index (χ0n) is 20.3. The minimum Gasteiger partial charge on any atom is -0.504 e. The fourth-order valence-corrected chi connectivity index (χ4v) is 4.43. The maximum absolute atomic E-state index is 15.5. The van der Waals surface area contributed by atoms with E-state index in [4.69, 9.17) is 5.73 Å². The molecule has 0 saturated carbocycles. The Balaban J connectivity index is 1.57. The molecule has 182 valence electrons. The van der Waals surface area contributed by atoms with Crippen LogP contribution >= 0.6 is 0 Å². The van der Waals surface area contributed by atoms with Crippen LogP contribution in [0.2, 0.25) is 0 Å². The summed E-state index contributed by atoms with van der Waals surface area (Å²) in [6.45, 7) is 4.19. The van der Waals surface area contributed by atoms with E-state index >= 15 is 4.39 Å². The number of nitrogens with two attached hydrogens (primary N) is 1. The van der Waals surface area contributed by atoms with Crippen molar-refractivity contribution in [3.05, 3.63) is 96.2 Å². The molecule has 0 bridgehead atoms. The Labute approximate surface area is 209 Å². The Morgan fingerprint density at radius 3 is 2.61 bits per heavy atom. The van der Waals surface area contributed by atoms with Crippen LogP contribution in [0, 0.1) is 5.82 Å². The third-order valence-corrected chi connectivity index (χ3v) is 6.52. The first kappa shape index (κ1) is 23.7. The van der Waals surface area contributed by atoms with Crippen LogP contribution < -0.4 is 5.73 Å². The number of nitrogens with zero attached hydrogens (tertiary/aromatic N) is 4. The molecule has 36 heavy (non-hydrogen) atoms. The second kappa shape index (κ2) is 9.89. The standard InChI is InChI=1S/C29H28FN5O/c1-3-34(2)17-21-8-4-5-10-23(21)20-11-12-24(25(30)14-20)27-29(36)28-26(16-32-27)33-18-35(28)22-9-6-7-19(13-22)15-31/h4-14,16,18,36H,3,15,17,31H2,1-2H3. The van der Waals surface area contributed by atoms with Crippen molar-refractivity contribution in [2.45, 2.75) is 20.0 Å². The van der Waals surface area contributed by atoms with E-state index in [1.807, 2.05) is 48.5 Å². The van der Waals surface area contributed by atoms with E-state index in [-0.39, 0.29) is 17.0 Å². The van der Waals surface area contributed by atoms with Crippen molar-refractivity contribution >= 4 is 11.0 Å². The van der Waals surface area contributed by atoms with Crippen molar-refractivity contribution < 1.29 is 9.50 Å². The van der Waals surface area contributed by atoms with Gasteiger partial charge in [-0.1, -0.05) is 49.4 Å². The Morgan fingerprint density at radius 1 is 1.00 bits per heavy atom. The first-order valence-corrected chi connectivity index (χ1v) is 11.9. The minimum atomic E-state index is -0.454. The molecule has 3 aromatic carbocycles. The summed E-state index contributed by atoms with van der Waals surface area (Å²) in [5, 5.41) is 11.2. The SMILES string of the molecule is CCN(C)Cc1ccccc1-c1ccc(-c2ncc3ncn(-c4cccc(CN)c4)c3c2O)c(F)c1. The normalized spacial score (nSPS) is 11.5. The van der Waals surface area contributed by atoms with Gasteiger partial charge in [0.25, 0.3) is 0 Å². The first-order chi connectivity index (χ1) is 17.5. The third-order valence-electron chi connectivity index (χ3n) is 6.52. The molecule has 3 N–H and O–H groups in total. The Bertz CT molecular complexity index is 1540. The molecule has 0 spiro atoms. The molecule has 0 aliphatic rings. The van der Waals surface area contributed by atoms with Gasteiger partial charge >= 0.3 is 0 Å². The van der Waals surface area contributed by atoms with E-state index in [1.54, 1.807) is 23.2 Å². The molecule has 2 aromatic heterocycles. The van der Waals surface area contributed by atoms with Crippen LogP contribution in [-0.2, 0) is 13.1 Å². The molecule has 0 saturated heterocycles. The van der Waals surface area contributed by atoms with Gasteiger partial charge in [0.1, 0.15) is 28.9 Å². The predicted molar refractivity (Wildman–Crippen MR) is 141 cm³/mol. The second-order valence-electron chi connectivity index (χ2n) is 8.86. The summed E-state index contributed by atoms with van der Waals surface area (Å²) < 4.78 is 17.3. The molecule has 2 heterocycles. The predicted octanol–water partition coefficient (Wildman–Crippen LogP) is 5.51. The zero-order chi connectivity index (χ0) is 25.2. The van der Waals surface area contributed by atoms with Crippen molar-refractivity contribution in [1.82, 2.24) is 19.4 Å². The van der Waals surface area contributed by atoms with Gasteiger partial charge in [0, 0.05) is 24.3 Å². The highest BCUT2D eigenvalue weighted by Crippen LogP contribution is 2.37. The molecule has 0 aliphatic carbocycles. The van der Waals surface area contributed by atoms with E-state index < -0.39 is 5.82 Å². The summed E-state index contributed by atoms with van der Waals surface area (Å²) in [5.74, 6) is -0.579. The van der Waals surface area contributed by atoms with Gasteiger partial charge in [0.05, 0.1) is 6.20 Å². The number of hydrogen-bond acceptors (Lipinski definition) is 5. The molecule has 0 aliphatic heterocycles. The Kier molecular flexibility index (Phi) is 6.50. The molecule has 0 unspecified atom stereocenters. The molecule has 5 rings (SSSR count). The second-order valence-corrected chi connectivity index (χ2v) is 8.86. The smallest absolute Gasteiger partial charge is 0.168 e. The number of halogens is 1. The van der Waals surface area contributed by atoms with Crippen molar-refractivity contribution in [2.75, 3.05) is 13.6 Å². The fraction of sp³-hybridized carbons (Fsp3) is 0.172. The molecule has 0 radical (unpaired) electrons.